The van der Waals surface area contributed by atoms with Gasteiger partial charge in [-0.05, 0) is 44.9 Å². The van der Waals surface area contributed by atoms with Crippen LogP contribution < -0.4 is 0 Å². The molecule has 0 spiro atoms. The van der Waals surface area contributed by atoms with Crippen LogP contribution in [0.25, 0.3) is 0 Å². The Labute approximate surface area is 351 Å². The molecule has 0 aromatic heterocycles. The lowest BCUT2D eigenvalue weighted by Gasteiger charge is -2.24. The Morgan fingerprint density at radius 1 is 0.544 bits per heavy atom. The van der Waals surface area contributed by atoms with Crippen molar-refractivity contribution in [2.75, 3.05) is 47.5 Å². The molecule has 0 radical (unpaired) electrons. The Kier molecular flexibility index (Phi) is 38.9. The topological polar surface area (TPSA) is 108 Å². The molecule has 0 aromatic carbocycles. The van der Waals surface area contributed by atoms with Crippen molar-refractivity contribution in [3.05, 3.63) is 24.3 Å². The Balaban J connectivity index is 4.31. The van der Waals surface area contributed by atoms with Crippen LogP contribution in [0.5, 0.6) is 0 Å². The molecule has 0 fully saturated rings. The molecule has 336 valence electrons. The molecular weight excluding hydrogens is 737 g/mol. The van der Waals surface area contributed by atoms with Crippen LogP contribution in [0.15, 0.2) is 24.3 Å². The predicted molar refractivity (Wildman–Crippen MR) is 238 cm³/mol. The number of nitrogens with zero attached hydrogens (tertiary/aromatic N) is 1. The normalized spacial score (nSPS) is 13.7. The average molecular weight is 829 g/mol. The molecule has 0 saturated heterocycles. The Hall–Kier alpha value is -1.51. The van der Waals surface area contributed by atoms with Crippen molar-refractivity contribution >= 4 is 19.8 Å². The highest BCUT2D eigenvalue weighted by molar-refractivity contribution is 7.47. The van der Waals surface area contributed by atoms with Crippen LogP contribution in [0.4, 0.5) is 0 Å². The van der Waals surface area contributed by atoms with Gasteiger partial charge >= 0.3 is 19.8 Å². The number of ether oxygens (including phenoxy) is 2. The summed E-state index contributed by atoms with van der Waals surface area (Å²) >= 11 is 0. The highest BCUT2D eigenvalue weighted by Gasteiger charge is 2.27. The van der Waals surface area contributed by atoms with E-state index >= 15 is 0 Å². The first-order valence-electron chi connectivity index (χ1n) is 23.6. The number of phosphoric ester groups is 1. The Bertz CT molecular complexity index is 1030. The van der Waals surface area contributed by atoms with E-state index in [1.807, 2.05) is 21.1 Å². The van der Waals surface area contributed by atoms with E-state index in [9.17, 15) is 19.0 Å². The number of allylic oxidation sites excluding steroid dienone is 4. The second kappa shape index (κ2) is 39.9. The molecule has 57 heavy (non-hydrogen) atoms. The van der Waals surface area contributed by atoms with Gasteiger partial charge < -0.3 is 18.9 Å². The zero-order chi connectivity index (χ0) is 42.1. The summed E-state index contributed by atoms with van der Waals surface area (Å²) in [5.41, 5.74) is 0. The smallest absolute Gasteiger partial charge is 0.462 e. The number of phosphoric acid groups is 1. The molecule has 2 atom stereocenters. The van der Waals surface area contributed by atoms with Crippen LogP contribution in [-0.4, -0.2) is 74.9 Å². The van der Waals surface area contributed by atoms with E-state index in [0.29, 0.717) is 23.9 Å². The number of hydrogen-bond donors (Lipinski definition) is 1. The van der Waals surface area contributed by atoms with E-state index in [1.54, 1.807) is 0 Å². The molecule has 0 rings (SSSR count). The number of hydrogen-bond acceptors (Lipinski definition) is 7. The minimum absolute atomic E-state index is 0.0319. The third-order valence-corrected chi connectivity index (χ3v) is 11.2. The van der Waals surface area contributed by atoms with Crippen LogP contribution in [0.3, 0.4) is 0 Å². The van der Waals surface area contributed by atoms with Gasteiger partial charge in [0.15, 0.2) is 6.10 Å². The minimum atomic E-state index is -4.37. The molecule has 0 aliphatic heterocycles. The van der Waals surface area contributed by atoms with Gasteiger partial charge in [0, 0.05) is 12.8 Å². The third kappa shape index (κ3) is 43.9. The maximum absolute atomic E-state index is 12.7. The zero-order valence-corrected chi connectivity index (χ0v) is 38.7. The van der Waals surface area contributed by atoms with Crippen molar-refractivity contribution in [3.8, 4) is 0 Å². The van der Waals surface area contributed by atoms with Gasteiger partial charge in [0.25, 0.3) is 0 Å². The van der Waals surface area contributed by atoms with Gasteiger partial charge in [0.1, 0.15) is 19.8 Å². The first kappa shape index (κ1) is 55.5. The first-order valence-corrected chi connectivity index (χ1v) is 25.1. The summed E-state index contributed by atoms with van der Waals surface area (Å²) in [6, 6.07) is 0. The lowest BCUT2D eigenvalue weighted by Crippen LogP contribution is -2.37. The van der Waals surface area contributed by atoms with Gasteiger partial charge in [0.05, 0.1) is 27.7 Å². The molecule has 2 unspecified atom stereocenters. The van der Waals surface area contributed by atoms with Gasteiger partial charge in [-0.15, -0.1) is 0 Å². The summed E-state index contributed by atoms with van der Waals surface area (Å²) < 4.78 is 34.4. The molecule has 0 aliphatic rings. The summed E-state index contributed by atoms with van der Waals surface area (Å²) in [5, 5.41) is 0. The number of likely N-dealkylation sites (N-methyl/N-ethyl adjacent to an activating group) is 1. The molecule has 0 amide bonds. The number of unbranched alkanes of at least 4 members (excludes halogenated alkanes) is 25. The molecular formula is C47H91NO8P+. The average Bonchev–Trinajstić information content (AvgIpc) is 3.16. The minimum Gasteiger partial charge on any atom is -0.462 e. The van der Waals surface area contributed by atoms with E-state index in [-0.39, 0.29) is 25.6 Å². The Morgan fingerprint density at radius 3 is 1.40 bits per heavy atom. The second-order valence-electron chi connectivity index (χ2n) is 17.1. The maximum atomic E-state index is 12.7. The van der Waals surface area contributed by atoms with E-state index < -0.39 is 26.5 Å². The van der Waals surface area contributed by atoms with E-state index in [4.69, 9.17) is 18.5 Å². The summed E-state index contributed by atoms with van der Waals surface area (Å²) in [5.74, 6) is -0.798. The highest BCUT2D eigenvalue weighted by Crippen LogP contribution is 2.43. The van der Waals surface area contributed by atoms with Gasteiger partial charge in [-0.2, -0.15) is 0 Å². The van der Waals surface area contributed by atoms with Crippen LogP contribution >= 0.6 is 7.82 Å². The number of rotatable bonds is 43. The molecule has 9 nitrogen and oxygen atoms in total. The number of carbonyl (C=O) groups excluding carboxylic acids is 2. The lowest BCUT2D eigenvalue weighted by atomic mass is 10.0. The second-order valence-corrected chi connectivity index (χ2v) is 18.6. The van der Waals surface area contributed by atoms with Crippen LogP contribution in [0.1, 0.15) is 213 Å². The van der Waals surface area contributed by atoms with Gasteiger partial charge in [-0.3, -0.25) is 18.6 Å². The van der Waals surface area contributed by atoms with Crippen molar-refractivity contribution in [2.45, 2.75) is 219 Å². The Morgan fingerprint density at radius 2 is 0.947 bits per heavy atom. The van der Waals surface area contributed by atoms with Gasteiger partial charge in [0.2, 0.25) is 0 Å². The largest absolute Gasteiger partial charge is 0.472 e. The van der Waals surface area contributed by atoms with Crippen LogP contribution in [0.2, 0.25) is 0 Å². The van der Waals surface area contributed by atoms with Gasteiger partial charge in [-0.25, -0.2) is 4.57 Å². The fraction of sp³-hybridized carbons (Fsp3) is 0.872. The molecule has 0 saturated carbocycles. The molecule has 1 N–H and O–H groups in total. The third-order valence-electron chi connectivity index (χ3n) is 10.2. The van der Waals surface area contributed by atoms with Crippen molar-refractivity contribution in [1.82, 2.24) is 0 Å². The summed E-state index contributed by atoms with van der Waals surface area (Å²) in [6.45, 7) is 4.42. The fourth-order valence-corrected chi connectivity index (χ4v) is 7.26. The van der Waals surface area contributed by atoms with Crippen LogP contribution in [0, 0.1) is 0 Å². The SMILES string of the molecule is CCCCCC/C=C\C/C=C\CCCCCCCCCC(=O)OC(COC(=O)CCCCCCCCCCCCCCCCC)COP(=O)(O)OCC[N+](C)(C)C. The van der Waals surface area contributed by atoms with Crippen molar-refractivity contribution < 1.29 is 42.1 Å². The highest BCUT2D eigenvalue weighted by atomic mass is 31.2. The van der Waals surface area contributed by atoms with Crippen LogP contribution in [-0.2, 0) is 32.7 Å². The van der Waals surface area contributed by atoms with Gasteiger partial charge in [-0.1, -0.05) is 179 Å². The van der Waals surface area contributed by atoms with E-state index in [0.717, 1.165) is 51.4 Å². The summed E-state index contributed by atoms with van der Waals surface area (Å²) in [6.07, 6.45) is 43.6. The molecule has 0 bridgehead atoms. The predicted octanol–water partition coefficient (Wildman–Crippen LogP) is 13.5. The van der Waals surface area contributed by atoms with Crippen molar-refractivity contribution in [3.63, 3.8) is 0 Å². The first-order chi connectivity index (χ1) is 27.5. The quantitative estimate of drug-likeness (QED) is 0.0213. The molecule has 0 aromatic rings. The van der Waals surface area contributed by atoms with Crippen molar-refractivity contribution in [1.29, 1.82) is 0 Å². The lowest BCUT2D eigenvalue weighted by molar-refractivity contribution is -0.870. The van der Waals surface area contributed by atoms with Crippen molar-refractivity contribution in [2.24, 2.45) is 0 Å². The number of esters is 2. The van der Waals surface area contributed by atoms with E-state index in [2.05, 4.69) is 38.2 Å². The standard InChI is InChI=1S/C47H90NO8P/c1-6-8-10-12-14-16-18-20-22-23-24-26-28-30-32-34-36-38-40-47(50)56-45(44-55-57(51,52)54-42-41-48(3,4)5)43-53-46(49)39-37-35-33-31-29-27-25-21-19-17-15-13-11-9-7-2/h16,18,22-23,45H,6-15,17,19-21,24-44H2,1-5H3/p+1/b18-16-,23-22-. The summed E-state index contributed by atoms with van der Waals surface area (Å²) in [4.78, 5) is 35.4. The molecule has 0 heterocycles. The molecule has 0 aliphatic carbocycles. The number of carbonyl (C=O) groups is 2. The fourth-order valence-electron chi connectivity index (χ4n) is 6.52. The zero-order valence-electron chi connectivity index (χ0n) is 37.8. The van der Waals surface area contributed by atoms with E-state index in [1.165, 1.54) is 128 Å². The summed E-state index contributed by atoms with van der Waals surface area (Å²) in [7, 11) is 1.48. The number of quaternary nitrogens is 1. The maximum Gasteiger partial charge on any atom is 0.472 e. The molecule has 10 heteroatoms. The monoisotopic (exact) mass is 829 g/mol.